The van der Waals surface area contributed by atoms with E-state index in [0.717, 1.165) is 51.4 Å². The molecule has 296 valence electrons. The van der Waals surface area contributed by atoms with E-state index in [1.54, 1.807) is 0 Å². The second kappa shape index (κ2) is 14.5. The van der Waals surface area contributed by atoms with Gasteiger partial charge in [-0.25, -0.2) is 0 Å². The van der Waals surface area contributed by atoms with Crippen molar-refractivity contribution in [1.29, 1.82) is 0 Å². The molecule has 9 atom stereocenters. The van der Waals surface area contributed by atoms with Crippen LogP contribution >= 0.6 is 0 Å². The molecular formula is C42H68O10. The number of rotatable bonds is 9. The summed E-state index contributed by atoms with van der Waals surface area (Å²) in [5.41, 5.74) is -2.38. The highest BCUT2D eigenvalue weighted by Crippen LogP contribution is 2.59. The van der Waals surface area contributed by atoms with Crippen molar-refractivity contribution < 1.29 is 48.0 Å². The van der Waals surface area contributed by atoms with E-state index in [4.69, 9.17) is 23.7 Å². The lowest BCUT2D eigenvalue weighted by atomic mass is 9.52. The van der Waals surface area contributed by atoms with Gasteiger partial charge in [0, 0.05) is 6.42 Å². The second-order valence-electron chi connectivity index (χ2n) is 19.9. The molecule has 8 fully saturated rings. The third-order valence-corrected chi connectivity index (χ3v) is 13.9. The van der Waals surface area contributed by atoms with Crippen LogP contribution in [-0.2, 0) is 42.9 Å². The van der Waals surface area contributed by atoms with E-state index in [1.165, 1.54) is 12.8 Å². The van der Waals surface area contributed by atoms with Gasteiger partial charge in [-0.05, 0) is 143 Å². The van der Waals surface area contributed by atoms with Crippen molar-refractivity contribution in [3.63, 3.8) is 0 Å². The number of hydrogen-bond donors (Lipinski definition) is 1. The van der Waals surface area contributed by atoms with Crippen molar-refractivity contribution in [3.05, 3.63) is 0 Å². The smallest absolute Gasteiger partial charge is 0.312 e. The molecular weight excluding hydrogens is 664 g/mol. The maximum atomic E-state index is 12.4. The Morgan fingerprint density at radius 2 is 1.33 bits per heavy atom. The van der Waals surface area contributed by atoms with Crippen molar-refractivity contribution in [2.75, 3.05) is 0 Å². The Kier molecular flexibility index (Phi) is 11.4. The van der Waals surface area contributed by atoms with Crippen LogP contribution in [0.3, 0.4) is 0 Å². The van der Waals surface area contributed by atoms with Crippen LogP contribution in [-0.4, -0.2) is 70.2 Å². The predicted octanol–water partition coefficient (Wildman–Crippen LogP) is 7.64. The number of aliphatic hydroxyl groups is 1. The zero-order chi connectivity index (χ0) is 38.7. The molecule has 0 radical (unpaired) electrons. The Morgan fingerprint density at radius 3 is 1.83 bits per heavy atom. The lowest BCUT2D eigenvalue weighted by Gasteiger charge is -2.59. The molecule has 5 aliphatic carbocycles. The number of fused-ring (bicyclic) bond motifs is 1. The number of carbonyl (C=O) groups is 4. The topological polar surface area (TPSA) is 135 Å². The molecule has 0 spiro atoms. The lowest BCUT2D eigenvalue weighted by Crippen LogP contribution is -2.61. The van der Waals surface area contributed by atoms with Crippen LogP contribution in [0.5, 0.6) is 0 Å². The van der Waals surface area contributed by atoms with E-state index < -0.39 is 28.6 Å². The standard InChI is InChI=1S/C16H26O3.C13H18O5.C13H24O2/c1-4-14(2,3)13(17)19-16-8-11-5-12(9-16)7-15(18,6-11)10-16;1-4-13(2,3)12(15)18-9-7-5-6-8(16-7)10(9)17-11(6)14;1-6-12(3,4)11(14)15-13(5)8-7-10(2)9-13/h11-12,18H,4-10H2,1-3H3;6-10H,4-5H2,1-3H3;10H,6-9H2,1-5H3. The zero-order valence-electron chi connectivity index (χ0n) is 33.9. The third-order valence-electron chi connectivity index (χ3n) is 13.9. The van der Waals surface area contributed by atoms with Crippen LogP contribution in [0.2, 0.25) is 0 Å². The van der Waals surface area contributed by atoms with Gasteiger partial charge in [-0.15, -0.1) is 0 Å². The Morgan fingerprint density at radius 1 is 0.788 bits per heavy atom. The summed E-state index contributed by atoms with van der Waals surface area (Å²) < 4.78 is 28.1. The minimum Gasteiger partial charge on any atom is -0.459 e. The molecule has 0 amide bonds. The van der Waals surface area contributed by atoms with Crippen molar-refractivity contribution in [2.45, 2.75) is 201 Å². The summed E-state index contributed by atoms with van der Waals surface area (Å²) in [5.74, 6) is 1.09. The first-order valence-corrected chi connectivity index (χ1v) is 20.2. The summed E-state index contributed by atoms with van der Waals surface area (Å²) in [6, 6.07) is 0. The van der Waals surface area contributed by atoms with Gasteiger partial charge in [0.2, 0.25) is 0 Å². The fourth-order valence-corrected chi connectivity index (χ4v) is 9.63. The van der Waals surface area contributed by atoms with E-state index >= 15 is 0 Å². The molecule has 6 bridgehead atoms. The molecule has 3 aliphatic heterocycles. The summed E-state index contributed by atoms with van der Waals surface area (Å²) in [6.45, 7) is 21.8. The first kappa shape index (κ1) is 41.0. The van der Waals surface area contributed by atoms with Crippen LogP contribution in [0, 0.1) is 39.9 Å². The van der Waals surface area contributed by atoms with Crippen LogP contribution < -0.4 is 0 Å². The van der Waals surface area contributed by atoms with Crippen LogP contribution in [0.25, 0.3) is 0 Å². The van der Waals surface area contributed by atoms with Gasteiger partial charge in [-0.1, -0.05) is 27.7 Å². The number of hydrogen-bond acceptors (Lipinski definition) is 10. The highest BCUT2D eigenvalue weighted by Gasteiger charge is 2.65. The molecule has 8 rings (SSSR count). The fraction of sp³-hybridized carbons (Fsp3) is 0.905. The molecule has 3 heterocycles. The van der Waals surface area contributed by atoms with Crippen molar-refractivity contribution >= 4 is 23.9 Å². The maximum Gasteiger partial charge on any atom is 0.312 e. The molecule has 3 saturated heterocycles. The summed E-state index contributed by atoms with van der Waals surface area (Å²) >= 11 is 0. The Balaban J connectivity index is 0.000000152. The van der Waals surface area contributed by atoms with Gasteiger partial charge in [0.15, 0.2) is 12.2 Å². The largest absolute Gasteiger partial charge is 0.459 e. The van der Waals surface area contributed by atoms with E-state index in [9.17, 15) is 24.3 Å². The van der Waals surface area contributed by atoms with Gasteiger partial charge >= 0.3 is 23.9 Å². The Labute approximate surface area is 312 Å². The minimum atomic E-state index is -0.555. The summed E-state index contributed by atoms with van der Waals surface area (Å²) in [7, 11) is 0. The average Bonchev–Trinajstić information content (AvgIpc) is 3.77. The lowest BCUT2D eigenvalue weighted by molar-refractivity contribution is -0.225. The van der Waals surface area contributed by atoms with Gasteiger partial charge < -0.3 is 28.8 Å². The van der Waals surface area contributed by atoms with E-state index in [-0.39, 0.29) is 58.6 Å². The normalized spacial score (nSPS) is 39.6. The van der Waals surface area contributed by atoms with Gasteiger partial charge in [0.05, 0.1) is 33.9 Å². The molecule has 8 aliphatic rings. The Hall–Kier alpha value is -2.20. The zero-order valence-corrected chi connectivity index (χ0v) is 33.9. The van der Waals surface area contributed by atoms with E-state index in [0.29, 0.717) is 37.0 Å². The fourth-order valence-electron chi connectivity index (χ4n) is 9.63. The molecule has 10 heteroatoms. The average molecular weight is 733 g/mol. The second-order valence-corrected chi connectivity index (χ2v) is 19.9. The number of ether oxygens (including phenoxy) is 5. The van der Waals surface area contributed by atoms with Gasteiger partial charge in [0.1, 0.15) is 17.3 Å². The minimum absolute atomic E-state index is 0.0402. The first-order valence-electron chi connectivity index (χ1n) is 20.2. The van der Waals surface area contributed by atoms with Crippen LogP contribution in [0.15, 0.2) is 0 Å². The molecule has 52 heavy (non-hydrogen) atoms. The number of esters is 4. The molecule has 10 nitrogen and oxygen atoms in total. The van der Waals surface area contributed by atoms with E-state index in [2.05, 4.69) is 13.8 Å². The number of carbonyl (C=O) groups excluding carboxylic acids is 4. The molecule has 5 saturated carbocycles. The summed E-state index contributed by atoms with van der Waals surface area (Å²) in [5, 5.41) is 10.6. The van der Waals surface area contributed by atoms with Crippen LogP contribution in [0.1, 0.15) is 160 Å². The van der Waals surface area contributed by atoms with Gasteiger partial charge in [-0.2, -0.15) is 0 Å². The van der Waals surface area contributed by atoms with Crippen molar-refractivity contribution in [2.24, 2.45) is 39.9 Å². The van der Waals surface area contributed by atoms with Gasteiger partial charge in [0.25, 0.3) is 0 Å². The quantitative estimate of drug-likeness (QED) is 0.186. The van der Waals surface area contributed by atoms with E-state index in [1.807, 2.05) is 62.3 Å². The van der Waals surface area contributed by atoms with Crippen molar-refractivity contribution in [1.82, 2.24) is 0 Å². The van der Waals surface area contributed by atoms with Crippen molar-refractivity contribution in [3.8, 4) is 0 Å². The highest BCUT2D eigenvalue weighted by molar-refractivity contribution is 5.79. The summed E-state index contributed by atoms with van der Waals surface area (Å²) in [4.78, 5) is 47.9. The Bertz CT molecular complexity index is 1350. The molecule has 0 aromatic rings. The first-order chi connectivity index (χ1) is 24.0. The highest BCUT2D eigenvalue weighted by atomic mass is 16.7. The molecule has 0 aromatic carbocycles. The molecule has 1 N–H and O–H groups in total. The third kappa shape index (κ3) is 8.38. The molecule has 0 aromatic heterocycles. The van der Waals surface area contributed by atoms with Crippen LogP contribution in [0.4, 0.5) is 0 Å². The molecule has 9 unspecified atom stereocenters. The monoisotopic (exact) mass is 732 g/mol. The predicted molar refractivity (Wildman–Crippen MR) is 195 cm³/mol. The maximum absolute atomic E-state index is 12.4. The summed E-state index contributed by atoms with van der Waals surface area (Å²) in [6.07, 6.45) is 10.6. The van der Waals surface area contributed by atoms with Gasteiger partial charge in [-0.3, -0.25) is 19.2 Å². The SMILES string of the molecule is CCC(C)(C)C(=O)OC1(C)CCC(C)C1.CCC(C)(C)C(=O)OC12CC3CC(CC(O)(C3)C1)C2.CCC(C)(C)C(=O)OC1C2CC3C(=O)OC1C3O2.